The van der Waals surface area contributed by atoms with Gasteiger partial charge in [0.15, 0.2) is 0 Å². The fourth-order valence-corrected chi connectivity index (χ4v) is 2.17. The highest BCUT2D eigenvalue weighted by Gasteiger charge is 2.21. The first kappa shape index (κ1) is 19.5. The molecule has 5 nitrogen and oxygen atoms in total. The summed E-state index contributed by atoms with van der Waals surface area (Å²) in [5.74, 6) is 0. The van der Waals surface area contributed by atoms with Crippen molar-refractivity contribution in [1.29, 1.82) is 0 Å². The van der Waals surface area contributed by atoms with Crippen molar-refractivity contribution < 1.29 is 9.53 Å². The minimum absolute atomic E-state index is 0.265. The molecule has 0 unspecified atom stereocenters. The molecule has 1 aromatic rings. The second-order valence-electron chi connectivity index (χ2n) is 6.83. The summed E-state index contributed by atoms with van der Waals surface area (Å²) in [4.78, 5) is 16.2. The molecule has 0 aliphatic rings. The third-order valence-electron chi connectivity index (χ3n) is 3.33. The summed E-state index contributed by atoms with van der Waals surface area (Å²) in [6.45, 7) is 9.13. The average Bonchev–Trinajstić information content (AvgIpc) is 2.46. The molecule has 0 aliphatic heterocycles. The van der Waals surface area contributed by atoms with Crippen LogP contribution >= 0.6 is 0 Å². The van der Waals surface area contributed by atoms with Crippen LogP contribution in [0, 0.1) is 0 Å². The van der Waals surface area contributed by atoms with Crippen LogP contribution in [0.1, 0.15) is 32.8 Å². The predicted molar refractivity (Wildman–Crippen MR) is 94.3 cm³/mol. The normalized spacial score (nSPS) is 11.6. The molecule has 130 valence electrons. The van der Waals surface area contributed by atoms with Crippen LogP contribution in [-0.4, -0.2) is 54.7 Å². The predicted octanol–water partition coefficient (Wildman–Crippen LogP) is 2.70. The maximum absolute atomic E-state index is 12.3. The first-order chi connectivity index (χ1) is 10.8. The molecule has 0 saturated carbocycles. The van der Waals surface area contributed by atoms with Crippen LogP contribution < -0.4 is 5.73 Å². The van der Waals surface area contributed by atoms with Gasteiger partial charge in [0.1, 0.15) is 5.60 Å². The van der Waals surface area contributed by atoms with Crippen molar-refractivity contribution in [2.75, 3.05) is 33.2 Å². The Labute approximate surface area is 140 Å². The van der Waals surface area contributed by atoms with Crippen LogP contribution in [0.5, 0.6) is 0 Å². The van der Waals surface area contributed by atoms with E-state index in [1.807, 2.05) is 39.0 Å². The average molecular weight is 321 g/mol. The van der Waals surface area contributed by atoms with E-state index in [0.29, 0.717) is 19.6 Å². The standard InChI is InChI=1S/C18H31N3O2/c1-18(2,3)23-17(22)21(12-8-11-19)14-13-20(4)15-16-9-6-5-7-10-16/h5-7,9-10H,8,11-15,19H2,1-4H3. The number of nitrogens with two attached hydrogens (primary N) is 1. The van der Waals surface area contributed by atoms with Crippen molar-refractivity contribution in [3.8, 4) is 0 Å². The van der Waals surface area contributed by atoms with E-state index in [0.717, 1.165) is 19.5 Å². The van der Waals surface area contributed by atoms with Gasteiger partial charge < -0.3 is 20.3 Å². The molecule has 1 aromatic carbocycles. The Morgan fingerprint density at radius 3 is 2.35 bits per heavy atom. The summed E-state index contributed by atoms with van der Waals surface area (Å²) in [7, 11) is 2.06. The second-order valence-corrected chi connectivity index (χ2v) is 6.83. The number of carbonyl (C=O) groups excluding carboxylic acids is 1. The molecule has 0 bridgehead atoms. The molecule has 0 spiro atoms. The summed E-state index contributed by atoms with van der Waals surface area (Å²) in [6, 6.07) is 10.3. The maximum Gasteiger partial charge on any atom is 0.410 e. The highest BCUT2D eigenvalue weighted by atomic mass is 16.6. The number of hydrogen-bond donors (Lipinski definition) is 1. The topological polar surface area (TPSA) is 58.8 Å². The highest BCUT2D eigenvalue weighted by molar-refractivity contribution is 5.68. The van der Waals surface area contributed by atoms with Gasteiger partial charge in [-0.05, 0) is 46.3 Å². The van der Waals surface area contributed by atoms with Gasteiger partial charge in [-0.15, -0.1) is 0 Å². The lowest BCUT2D eigenvalue weighted by atomic mass is 10.2. The molecule has 5 heteroatoms. The van der Waals surface area contributed by atoms with Gasteiger partial charge in [-0.2, -0.15) is 0 Å². The lowest BCUT2D eigenvalue weighted by molar-refractivity contribution is 0.0234. The number of likely N-dealkylation sites (N-methyl/N-ethyl adjacent to an activating group) is 1. The van der Waals surface area contributed by atoms with Gasteiger partial charge in [-0.3, -0.25) is 0 Å². The van der Waals surface area contributed by atoms with E-state index in [2.05, 4.69) is 24.1 Å². The Morgan fingerprint density at radius 1 is 1.13 bits per heavy atom. The fraction of sp³-hybridized carbons (Fsp3) is 0.611. The van der Waals surface area contributed by atoms with Gasteiger partial charge in [-0.1, -0.05) is 30.3 Å². The van der Waals surface area contributed by atoms with E-state index in [4.69, 9.17) is 10.5 Å². The second kappa shape index (κ2) is 9.53. The van der Waals surface area contributed by atoms with Gasteiger partial charge in [0, 0.05) is 26.2 Å². The molecule has 0 saturated heterocycles. The molecule has 0 aliphatic carbocycles. The minimum Gasteiger partial charge on any atom is -0.444 e. The molecule has 1 amide bonds. The van der Waals surface area contributed by atoms with Crippen molar-refractivity contribution in [3.63, 3.8) is 0 Å². The number of ether oxygens (including phenoxy) is 1. The Bertz CT molecular complexity index is 457. The van der Waals surface area contributed by atoms with Crippen molar-refractivity contribution in [1.82, 2.24) is 9.80 Å². The Hall–Kier alpha value is -1.59. The maximum atomic E-state index is 12.3. The van der Waals surface area contributed by atoms with Gasteiger partial charge >= 0.3 is 6.09 Å². The summed E-state index contributed by atoms with van der Waals surface area (Å²) in [5, 5.41) is 0. The fourth-order valence-electron chi connectivity index (χ4n) is 2.17. The summed E-state index contributed by atoms with van der Waals surface area (Å²) < 4.78 is 5.48. The first-order valence-corrected chi connectivity index (χ1v) is 8.22. The third kappa shape index (κ3) is 8.57. The zero-order valence-corrected chi connectivity index (χ0v) is 14.9. The number of hydrogen-bond acceptors (Lipinski definition) is 4. The smallest absolute Gasteiger partial charge is 0.410 e. The third-order valence-corrected chi connectivity index (χ3v) is 3.33. The van der Waals surface area contributed by atoms with E-state index >= 15 is 0 Å². The number of amides is 1. The SMILES string of the molecule is CN(CCN(CCCN)C(=O)OC(C)(C)C)Cc1ccccc1. The number of benzene rings is 1. The lowest BCUT2D eigenvalue weighted by Crippen LogP contribution is -2.41. The van der Waals surface area contributed by atoms with Crippen molar-refractivity contribution >= 4 is 6.09 Å². The Balaban J connectivity index is 2.51. The first-order valence-electron chi connectivity index (χ1n) is 8.22. The monoisotopic (exact) mass is 321 g/mol. The van der Waals surface area contributed by atoms with E-state index < -0.39 is 5.60 Å². The van der Waals surface area contributed by atoms with Crippen LogP contribution in [-0.2, 0) is 11.3 Å². The summed E-state index contributed by atoms with van der Waals surface area (Å²) >= 11 is 0. The molecule has 23 heavy (non-hydrogen) atoms. The van der Waals surface area contributed by atoms with Gasteiger partial charge in [0.2, 0.25) is 0 Å². The quantitative estimate of drug-likeness (QED) is 0.800. The van der Waals surface area contributed by atoms with Crippen LogP contribution in [0.25, 0.3) is 0 Å². The number of nitrogens with zero attached hydrogens (tertiary/aromatic N) is 2. The molecule has 1 rings (SSSR count). The van der Waals surface area contributed by atoms with Crippen molar-refractivity contribution in [3.05, 3.63) is 35.9 Å². The Morgan fingerprint density at radius 2 is 1.78 bits per heavy atom. The van der Waals surface area contributed by atoms with Gasteiger partial charge in [0.25, 0.3) is 0 Å². The van der Waals surface area contributed by atoms with E-state index in [1.54, 1.807) is 4.90 Å². The molecule has 0 aromatic heterocycles. The zero-order valence-electron chi connectivity index (χ0n) is 14.9. The molecule has 0 atom stereocenters. The van der Waals surface area contributed by atoms with Gasteiger partial charge in [-0.25, -0.2) is 4.79 Å². The van der Waals surface area contributed by atoms with E-state index in [9.17, 15) is 4.79 Å². The van der Waals surface area contributed by atoms with Crippen LogP contribution in [0.3, 0.4) is 0 Å². The molecule has 0 fully saturated rings. The number of rotatable bonds is 8. The summed E-state index contributed by atoms with van der Waals surface area (Å²) in [5.41, 5.74) is 6.36. The molecule has 0 radical (unpaired) electrons. The van der Waals surface area contributed by atoms with Crippen LogP contribution in [0.4, 0.5) is 4.79 Å². The largest absolute Gasteiger partial charge is 0.444 e. The minimum atomic E-state index is -0.478. The van der Waals surface area contributed by atoms with Crippen LogP contribution in [0.2, 0.25) is 0 Å². The summed E-state index contributed by atoms with van der Waals surface area (Å²) in [6.07, 6.45) is 0.515. The van der Waals surface area contributed by atoms with Crippen molar-refractivity contribution in [2.24, 2.45) is 5.73 Å². The van der Waals surface area contributed by atoms with E-state index in [-0.39, 0.29) is 6.09 Å². The highest BCUT2D eigenvalue weighted by Crippen LogP contribution is 2.10. The molecule has 0 heterocycles. The van der Waals surface area contributed by atoms with Gasteiger partial charge in [0.05, 0.1) is 0 Å². The van der Waals surface area contributed by atoms with Crippen LogP contribution in [0.15, 0.2) is 30.3 Å². The number of carbonyl (C=O) groups is 1. The molecule has 2 N–H and O–H groups in total. The zero-order chi connectivity index (χ0) is 17.3. The Kier molecular flexibility index (Phi) is 8.06. The van der Waals surface area contributed by atoms with Crippen molar-refractivity contribution in [2.45, 2.75) is 39.3 Å². The van der Waals surface area contributed by atoms with E-state index in [1.165, 1.54) is 5.56 Å². The molecular weight excluding hydrogens is 290 g/mol. The molecular formula is C18H31N3O2. The lowest BCUT2D eigenvalue weighted by Gasteiger charge is -2.29.